The van der Waals surface area contributed by atoms with E-state index >= 15 is 0 Å². The SMILES string of the molecule is O=C(O)COc1ccc(-c2cnccn2)cc1CN1CCc2[nH]ncc2C1. The molecule has 1 aliphatic heterocycles. The highest BCUT2D eigenvalue weighted by Gasteiger charge is 2.20. The van der Waals surface area contributed by atoms with Crippen molar-refractivity contribution < 1.29 is 14.6 Å². The number of nitrogens with one attached hydrogen (secondary N) is 1. The number of aliphatic carboxylic acids is 1. The van der Waals surface area contributed by atoms with Crippen LogP contribution in [0, 0.1) is 0 Å². The van der Waals surface area contributed by atoms with Crippen molar-refractivity contribution in [2.45, 2.75) is 19.5 Å². The summed E-state index contributed by atoms with van der Waals surface area (Å²) in [7, 11) is 0. The van der Waals surface area contributed by atoms with Crippen LogP contribution in [0.15, 0.2) is 43.0 Å². The number of hydrogen-bond acceptors (Lipinski definition) is 6. The summed E-state index contributed by atoms with van der Waals surface area (Å²) in [5.74, 6) is -0.428. The van der Waals surface area contributed by atoms with Crippen LogP contribution in [0.4, 0.5) is 0 Å². The van der Waals surface area contributed by atoms with Gasteiger partial charge in [0.25, 0.3) is 0 Å². The number of carbonyl (C=O) groups is 1. The quantitative estimate of drug-likeness (QED) is 0.687. The summed E-state index contributed by atoms with van der Waals surface area (Å²) in [6, 6.07) is 5.66. The fraction of sp³-hybridized carbons (Fsp3) is 0.263. The minimum atomic E-state index is -1.00. The van der Waals surface area contributed by atoms with Gasteiger partial charge in [-0.15, -0.1) is 0 Å². The Balaban J connectivity index is 1.60. The van der Waals surface area contributed by atoms with E-state index in [4.69, 9.17) is 9.84 Å². The first-order chi connectivity index (χ1) is 13.2. The predicted molar refractivity (Wildman–Crippen MR) is 97.0 cm³/mol. The van der Waals surface area contributed by atoms with Gasteiger partial charge in [-0.3, -0.25) is 20.0 Å². The largest absolute Gasteiger partial charge is 0.482 e. The molecular formula is C19H19N5O3. The second-order valence-electron chi connectivity index (χ2n) is 6.43. The number of carboxylic acid groups (broad SMARTS) is 1. The lowest BCUT2D eigenvalue weighted by Crippen LogP contribution is -2.30. The fourth-order valence-corrected chi connectivity index (χ4v) is 3.25. The number of hydrogen-bond donors (Lipinski definition) is 2. The molecule has 27 heavy (non-hydrogen) atoms. The highest BCUT2D eigenvalue weighted by atomic mass is 16.5. The molecule has 1 aromatic carbocycles. The van der Waals surface area contributed by atoms with Crippen molar-refractivity contribution in [1.29, 1.82) is 0 Å². The van der Waals surface area contributed by atoms with Crippen LogP contribution in [0.5, 0.6) is 5.75 Å². The number of carboxylic acids is 1. The summed E-state index contributed by atoms with van der Waals surface area (Å²) in [6.45, 7) is 1.96. The number of ether oxygens (including phenoxy) is 1. The summed E-state index contributed by atoms with van der Waals surface area (Å²) >= 11 is 0. The molecule has 2 aromatic heterocycles. The van der Waals surface area contributed by atoms with Gasteiger partial charge in [0, 0.05) is 60.8 Å². The molecule has 0 spiro atoms. The van der Waals surface area contributed by atoms with Gasteiger partial charge in [0.15, 0.2) is 6.61 Å². The van der Waals surface area contributed by atoms with Crippen molar-refractivity contribution in [3.63, 3.8) is 0 Å². The average molecular weight is 365 g/mol. The van der Waals surface area contributed by atoms with Gasteiger partial charge in [0.05, 0.1) is 18.1 Å². The van der Waals surface area contributed by atoms with E-state index in [9.17, 15) is 4.79 Å². The molecule has 3 heterocycles. The Morgan fingerprint density at radius 2 is 2.22 bits per heavy atom. The molecule has 3 aromatic rings. The van der Waals surface area contributed by atoms with Crippen LogP contribution in [-0.2, 0) is 24.3 Å². The molecule has 0 amide bonds. The van der Waals surface area contributed by atoms with E-state index in [-0.39, 0.29) is 6.61 Å². The molecular weight excluding hydrogens is 346 g/mol. The maximum atomic E-state index is 10.9. The topological polar surface area (TPSA) is 104 Å². The first-order valence-electron chi connectivity index (χ1n) is 8.66. The van der Waals surface area contributed by atoms with E-state index in [1.807, 2.05) is 18.3 Å². The molecule has 2 N–H and O–H groups in total. The molecule has 138 valence electrons. The maximum absolute atomic E-state index is 10.9. The van der Waals surface area contributed by atoms with Crippen molar-refractivity contribution in [1.82, 2.24) is 25.1 Å². The van der Waals surface area contributed by atoms with Crippen molar-refractivity contribution in [2.75, 3.05) is 13.2 Å². The summed E-state index contributed by atoms with van der Waals surface area (Å²) in [5.41, 5.74) is 4.98. The highest BCUT2D eigenvalue weighted by molar-refractivity contribution is 5.69. The van der Waals surface area contributed by atoms with E-state index in [1.165, 1.54) is 11.3 Å². The van der Waals surface area contributed by atoms with Crippen LogP contribution in [-0.4, -0.2) is 49.3 Å². The molecule has 4 rings (SSSR count). The first kappa shape index (κ1) is 17.2. The van der Waals surface area contributed by atoms with E-state index < -0.39 is 5.97 Å². The number of rotatable bonds is 6. The second kappa shape index (κ2) is 7.55. The monoisotopic (exact) mass is 365 g/mol. The van der Waals surface area contributed by atoms with Crippen molar-refractivity contribution in [3.8, 4) is 17.0 Å². The molecule has 8 nitrogen and oxygen atoms in total. The van der Waals surface area contributed by atoms with Crippen LogP contribution in [0.25, 0.3) is 11.3 Å². The molecule has 0 fully saturated rings. The molecule has 0 saturated carbocycles. The first-order valence-corrected chi connectivity index (χ1v) is 8.66. The smallest absolute Gasteiger partial charge is 0.341 e. The lowest BCUT2D eigenvalue weighted by Gasteiger charge is -2.27. The summed E-state index contributed by atoms with van der Waals surface area (Å²) in [5, 5.41) is 16.1. The molecule has 0 unspecified atom stereocenters. The van der Waals surface area contributed by atoms with Crippen LogP contribution in [0.1, 0.15) is 16.8 Å². The highest BCUT2D eigenvalue weighted by Crippen LogP contribution is 2.28. The summed E-state index contributed by atoms with van der Waals surface area (Å²) in [4.78, 5) is 21.7. The standard InChI is InChI=1S/C19H19N5O3/c25-19(26)12-27-18-2-1-13(17-9-20-4-5-21-17)7-14(18)10-24-6-3-16-15(11-24)8-22-23-16/h1-2,4-5,7-9H,3,6,10-12H2,(H,22,23)(H,25,26). The average Bonchev–Trinajstić information content (AvgIpc) is 3.15. The summed E-state index contributed by atoms with van der Waals surface area (Å²) < 4.78 is 5.50. The molecule has 0 bridgehead atoms. The second-order valence-corrected chi connectivity index (χ2v) is 6.43. The van der Waals surface area contributed by atoms with Gasteiger partial charge in [0.2, 0.25) is 0 Å². The van der Waals surface area contributed by atoms with Gasteiger partial charge in [-0.05, 0) is 18.2 Å². The molecule has 0 saturated heterocycles. The van der Waals surface area contributed by atoms with Gasteiger partial charge in [-0.1, -0.05) is 0 Å². The Bertz CT molecular complexity index is 942. The van der Waals surface area contributed by atoms with Crippen LogP contribution in [0.3, 0.4) is 0 Å². The van der Waals surface area contributed by atoms with E-state index in [1.54, 1.807) is 24.7 Å². The van der Waals surface area contributed by atoms with Crippen molar-refractivity contribution in [3.05, 3.63) is 59.8 Å². The van der Waals surface area contributed by atoms with Gasteiger partial charge < -0.3 is 9.84 Å². The maximum Gasteiger partial charge on any atom is 0.341 e. The van der Waals surface area contributed by atoms with E-state index in [2.05, 4.69) is 25.1 Å². The third-order valence-corrected chi connectivity index (χ3v) is 4.54. The number of aromatic nitrogens is 4. The molecule has 0 atom stereocenters. The van der Waals surface area contributed by atoms with Crippen LogP contribution < -0.4 is 4.74 Å². The predicted octanol–water partition coefficient (Wildman–Crippen LogP) is 1.89. The van der Waals surface area contributed by atoms with Crippen molar-refractivity contribution >= 4 is 5.97 Å². The fourth-order valence-electron chi connectivity index (χ4n) is 3.25. The van der Waals surface area contributed by atoms with Crippen molar-refractivity contribution in [2.24, 2.45) is 0 Å². The number of H-pyrrole nitrogens is 1. The minimum Gasteiger partial charge on any atom is -0.482 e. The third kappa shape index (κ3) is 3.95. The van der Waals surface area contributed by atoms with Gasteiger partial charge in [-0.2, -0.15) is 5.10 Å². The molecule has 1 aliphatic rings. The normalized spacial score (nSPS) is 13.9. The molecule has 0 aliphatic carbocycles. The Hall–Kier alpha value is -3.26. The minimum absolute atomic E-state index is 0.372. The van der Waals surface area contributed by atoms with Gasteiger partial charge >= 0.3 is 5.97 Å². The Kier molecular flexibility index (Phi) is 4.80. The zero-order valence-corrected chi connectivity index (χ0v) is 14.6. The Morgan fingerprint density at radius 3 is 3.04 bits per heavy atom. The number of aromatic amines is 1. The zero-order valence-electron chi connectivity index (χ0n) is 14.6. The molecule has 0 radical (unpaired) electrons. The Labute approximate surface area is 155 Å². The van der Waals surface area contributed by atoms with Crippen LogP contribution >= 0.6 is 0 Å². The lowest BCUT2D eigenvalue weighted by molar-refractivity contribution is -0.139. The lowest BCUT2D eigenvalue weighted by atomic mass is 10.0. The number of nitrogens with zero attached hydrogens (tertiary/aromatic N) is 4. The van der Waals surface area contributed by atoms with E-state index in [0.717, 1.165) is 36.3 Å². The summed E-state index contributed by atoms with van der Waals surface area (Å²) in [6.07, 6.45) is 7.75. The molecule has 8 heteroatoms. The van der Waals surface area contributed by atoms with Gasteiger partial charge in [-0.25, -0.2) is 4.79 Å². The number of fused-ring (bicyclic) bond motifs is 1. The zero-order chi connectivity index (χ0) is 18.6. The number of benzene rings is 1. The van der Waals surface area contributed by atoms with E-state index in [0.29, 0.717) is 12.3 Å². The third-order valence-electron chi connectivity index (χ3n) is 4.54. The Morgan fingerprint density at radius 1 is 1.30 bits per heavy atom. The van der Waals surface area contributed by atoms with Crippen LogP contribution in [0.2, 0.25) is 0 Å². The van der Waals surface area contributed by atoms with Gasteiger partial charge in [0.1, 0.15) is 5.75 Å².